The van der Waals surface area contributed by atoms with Gasteiger partial charge in [0, 0.05) is 30.3 Å². The first-order valence-corrected chi connectivity index (χ1v) is 12.2. The second kappa shape index (κ2) is 8.70. The van der Waals surface area contributed by atoms with Crippen LogP contribution in [0.4, 0.5) is 20.7 Å². The summed E-state index contributed by atoms with van der Waals surface area (Å²) in [5.74, 6) is -0.725. The number of rotatable bonds is 6. The normalized spacial score (nSPS) is 23.8. The number of methoxy groups -OCH3 is 1. The highest BCUT2D eigenvalue weighted by molar-refractivity contribution is 7.91. The minimum atomic E-state index is -3.38. The fourth-order valence-electron chi connectivity index (χ4n) is 4.30. The first kappa shape index (κ1) is 22.5. The summed E-state index contributed by atoms with van der Waals surface area (Å²) in [7, 11) is -1.92. The molecule has 9 nitrogen and oxygen atoms in total. The smallest absolute Gasteiger partial charge is 0.407 e. The Morgan fingerprint density at radius 2 is 2.09 bits per heavy atom. The Balaban J connectivity index is 1.45. The molecule has 2 heterocycles. The molecule has 2 aliphatic rings. The van der Waals surface area contributed by atoms with E-state index in [0.717, 1.165) is 0 Å². The van der Waals surface area contributed by atoms with Crippen LogP contribution < -0.4 is 10.6 Å². The van der Waals surface area contributed by atoms with Crippen LogP contribution in [-0.2, 0) is 19.3 Å². The zero-order valence-corrected chi connectivity index (χ0v) is 19.0. The molecule has 0 saturated heterocycles. The van der Waals surface area contributed by atoms with Crippen LogP contribution in [0, 0.1) is 5.82 Å². The van der Waals surface area contributed by atoms with Crippen molar-refractivity contribution in [2.75, 3.05) is 18.2 Å². The topological polar surface area (TPSA) is 122 Å². The lowest BCUT2D eigenvalue weighted by molar-refractivity contribution is 0.0981. The average molecular weight is 467 g/mol. The van der Waals surface area contributed by atoms with Crippen molar-refractivity contribution in [2.24, 2.45) is 0 Å². The second-order valence-corrected chi connectivity index (χ2v) is 10.5. The predicted molar refractivity (Wildman–Crippen MR) is 115 cm³/mol. The van der Waals surface area contributed by atoms with E-state index in [1.165, 1.54) is 13.2 Å². The van der Waals surface area contributed by atoms with Gasteiger partial charge in [0.05, 0.1) is 22.4 Å². The van der Waals surface area contributed by atoms with Gasteiger partial charge in [-0.2, -0.15) is 5.10 Å². The number of hydrogen-bond acceptors (Lipinski definition) is 7. The van der Waals surface area contributed by atoms with Crippen molar-refractivity contribution in [3.63, 3.8) is 0 Å². The molecule has 1 unspecified atom stereocenters. The van der Waals surface area contributed by atoms with Crippen LogP contribution in [0.2, 0.25) is 0 Å². The standard InChI is InChI=1S/C21H27FN4O5S/c1-11(2)23-21(27)31-14-6-4-12(8-14)19-18(22)20(26-25-19)24-13-5-7-17-15(9-13)16(30-3)10-32(17,28)29/h5,7,9,11-12,14,16H,4,6,8,10H2,1-3H3,(H,23,27)(H2,24,25,26)/t12-,14+,16?/m0/s1. The van der Waals surface area contributed by atoms with Crippen LogP contribution in [0.3, 0.4) is 0 Å². The quantitative estimate of drug-likeness (QED) is 0.595. The Hall–Kier alpha value is -2.66. The van der Waals surface area contributed by atoms with E-state index in [9.17, 15) is 13.2 Å². The average Bonchev–Trinajstić information content (AvgIpc) is 3.38. The molecule has 2 aromatic rings. The molecule has 4 rings (SSSR count). The number of alkyl carbamates (subject to hydrolysis) is 1. The third kappa shape index (κ3) is 4.44. The molecule has 1 aromatic carbocycles. The number of aromatic nitrogens is 2. The molecule has 1 aliphatic carbocycles. The van der Waals surface area contributed by atoms with Gasteiger partial charge >= 0.3 is 6.09 Å². The van der Waals surface area contributed by atoms with Crippen LogP contribution in [0.1, 0.15) is 56.4 Å². The van der Waals surface area contributed by atoms with Gasteiger partial charge in [0.25, 0.3) is 0 Å². The van der Waals surface area contributed by atoms with Gasteiger partial charge in [0.15, 0.2) is 21.5 Å². The molecule has 0 radical (unpaired) electrons. The van der Waals surface area contributed by atoms with Crippen molar-refractivity contribution < 1.29 is 27.1 Å². The van der Waals surface area contributed by atoms with Crippen molar-refractivity contribution in [1.82, 2.24) is 15.5 Å². The minimum absolute atomic E-state index is 0.0168. The fraction of sp³-hybridized carbons (Fsp3) is 0.524. The largest absolute Gasteiger partial charge is 0.446 e. The SMILES string of the molecule is COC1CS(=O)(=O)c2ccc(Nc3n[nH]c([C@H]4CC[C@@H](OC(=O)NC(C)C)C4)c3F)cc21. The number of halogens is 1. The third-order valence-electron chi connectivity index (χ3n) is 5.82. The van der Waals surface area contributed by atoms with Gasteiger partial charge in [0.2, 0.25) is 0 Å². The predicted octanol–water partition coefficient (Wildman–Crippen LogP) is 3.54. The van der Waals surface area contributed by atoms with Gasteiger partial charge in [-0.25, -0.2) is 17.6 Å². The molecular weight excluding hydrogens is 439 g/mol. The highest BCUT2D eigenvalue weighted by Crippen LogP contribution is 2.39. The van der Waals surface area contributed by atoms with Gasteiger partial charge in [-0.1, -0.05) is 0 Å². The molecule has 0 spiro atoms. The monoisotopic (exact) mass is 466 g/mol. The van der Waals surface area contributed by atoms with E-state index in [-0.39, 0.29) is 34.5 Å². The molecule has 3 N–H and O–H groups in total. The van der Waals surface area contributed by atoms with Crippen molar-refractivity contribution >= 4 is 27.4 Å². The summed E-state index contributed by atoms with van der Waals surface area (Å²) in [5.41, 5.74) is 1.42. The van der Waals surface area contributed by atoms with Crippen molar-refractivity contribution in [2.45, 2.75) is 62.2 Å². The summed E-state index contributed by atoms with van der Waals surface area (Å²) >= 11 is 0. The van der Waals surface area contributed by atoms with E-state index >= 15 is 4.39 Å². The Bertz CT molecular complexity index is 1120. The van der Waals surface area contributed by atoms with E-state index in [1.54, 1.807) is 12.1 Å². The van der Waals surface area contributed by atoms with Crippen LogP contribution in [0.5, 0.6) is 0 Å². The van der Waals surface area contributed by atoms with Crippen LogP contribution >= 0.6 is 0 Å². The molecule has 32 heavy (non-hydrogen) atoms. The maximum atomic E-state index is 15.1. The van der Waals surface area contributed by atoms with E-state index in [1.807, 2.05) is 13.8 Å². The summed E-state index contributed by atoms with van der Waals surface area (Å²) in [6, 6.07) is 4.71. The van der Waals surface area contributed by atoms with E-state index < -0.39 is 27.9 Å². The van der Waals surface area contributed by atoms with Crippen LogP contribution in [0.15, 0.2) is 23.1 Å². The van der Waals surface area contributed by atoms with E-state index in [2.05, 4.69) is 20.8 Å². The molecule has 1 aromatic heterocycles. The Morgan fingerprint density at radius 3 is 2.81 bits per heavy atom. The first-order chi connectivity index (χ1) is 15.2. The van der Waals surface area contributed by atoms with Crippen molar-refractivity contribution in [1.29, 1.82) is 0 Å². The number of carbonyl (C=O) groups is 1. The number of anilines is 2. The van der Waals surface area contributed by atoms with Crippen molar-refractivity contribution in [3.8, 4) is 0 Å². The number of nitrogens with zero attached hydrogens (tertiary/aromatic N) is 1. The number of aromatic amines is 1. The van der Waals surface area contributed by atoms with Gasteiger partial charge in [0.1, 0.15) is 6.10 Å². The summed E-state index contributed by atoms with van der Waals surface area (Å²) in [5, 5.41) is 12.4. The number of ether oxygens (including phenoxy) is 2. The number of sulfone groups is 1. The number of carbonyl (C=O) groups excluding carboxylic acids is 1. The minimum Gasteiger partial charge on any atom is -0.446 e. The van der Waals surface area contributed by atoms with E-state index in [0.29, 0.717) is 36.2 Å². The maximum Gasteiger partial charge on any atom is 0.407 e. The lowest BCUT2D eigenvalue weighted by Crippen LogP contribution is -2.33. The Morgan fingerprint density at radius 1 is 1.31 bits per heavy atom. The zero-order chi connectivity index (χ0) is 23.0. The molecule has 1 fully saturated rings. The lowest BCUT2D eigenvalue weighted by Gasteiger charge is -2.14. The van der Waals surface area contributed by atoms with Crippen LogP contribution in [0.25, 0.3) is 0 Å². The second-order valence-electron chi connectivity index (χ2n) is 8.52. The molecule has 174 valence electrons. The molecular formula is C21H27FN4O5S. The molecule has 0 bridgehead atoms. The van der Waals surface area contributed by atoms with Gasteiger partial charge < -0.3 is 20.1 Å². The fourth-order valence-corrected chi connectivity index (χ4v) is 6.02. The number of nitrogens with one attached hydrogen (secondary N) is 3. The molecule has 11 heteroatoms. The molecule has 3 atom stereocenters. The number of amides is 1. The van der Waals surface area contributed by atoms with Gasteiger partial charge in [-0.05, 0) is 51.3 Å². The third-order valence-corrected chi connectivity index (χ3v) is 7.60. The maximum absolute atomic E-state index is 15.1. The van der Waals surface area contributed by atoms with Crippen LogP contribution in [-0.4, -0.2) is 49.7 Å². The Kier molecular flexibility index (Phi) is 6.13. The number of fused-ring (bicyclic) bond motifs is 1. The number of benzene rings is 1. The summed E-state index contributed by atoms with van der Waals surface area (Å²) in [6.07, 6.45) is 0.531. The molecule has 1 amide bonds. The first-order valence-electron chi connectivity index (χ1n) is 10.6. The van der Waals surface area contributed by atoms with Gasteiger partial charge in [-0.3, -0.25) is 5.10 Å². The molecule has 1 saturated carbocycles. The summed E-state index contributed by atoms with van der Waals surface area (Å²) < 4.78 is 50.2. The lowest BCUT2D eigenvalue weighted by atomic mass is 10.0. The van der Waals surface area contributed by atoms with Crippen molar-refractivity contribution in [3.05, 3.63) is 35.3 Å². The highest BCUT2D eigenvalue weighted by Gasteiger charge is 2.35. The van der Waals surface area contributed by atoms with Gasteiger partial charge in [-0.15, -0.1) is 0 Å². The summed E-state index contributed by atoms with van der Waals surface area (Å²) in [4.78, 5) is 12.0. The number of hydrogen-bond donors (Lipinski definition) is 3. The molecule has 1 aliphatic heterocycles. The van der Waals surface area contributed by atoms with E-state index in [4.69, 9.17) is 9.47 Å². The summed E-state index contributed by atoms with van der Waals surface area (Å²) in [6.45, 7) is 3.70. The Labute approximate surface area is 186 Å². The highest BCUT2D eigenvalue weighted by atomic mass is 32.2. The zero-order valence-electron chi connectivity index (χ0n) is 18.1. The number of H-pyrrole nitrogens is 1.